The monoisotopic (exact) mass is 206 g/mol. The molecular weight excluding hydrogens is 188 g/mol. The third kappa shape index (κ3) is 2.58. The quantitative estimate of drug-likeness (QED) is 0.709. The number of carbonyl (C=O) groups is 1. The van der Waals surface area contributed by atoms with Crippen LogP contribution in [-0.4, -0.2) is 13.1 Å². The number of carbonyl (C=O) groups excluding carboxylic acids is 1. The van der Waals surface area contributed by atoms with Crippen LogP contribution >= 0.6 is 0 Å². The molecule has 0 heterocycles. The van der Waals surface area contributed by atoms with E-state index in [2.05, 4.69) is 19.9 Å². The van der Waals surface area contributed by atoms with Crippen LogP contribution in [0.1, 0.15) is 47.7 Å². The normalized spacial score (nSPS) is 12.3. The van der Waals surface area contributed by atoms with Crippen LogP contribution in [0.25, 0.3) is 0 Å². The average molecular weight is 206 g/mol. The number of methoxy groups -OCH3 is 1. The Balaban J connectivity index is 3.03. The van der Waals surface area contributed by atoms with Gasteiger partial charge in [-0.15, -0.1) is 0 Å². The van der Waals surface area contributed by atoms with Crippen LogP contribution in [0.5, 0.6) is 0 Å². The summed E-state index contributed by atoms with van der Waals surface area (Å²) in [6.45, 7) is 6.29. The highest BCUT2D eigenvalue weighted by Crippen LogP contribution is 2.21. The fourth-order valence-corrected chi connectivity index (χ4v) is 1.57. The summed E-state index contributed by atoms with van der Waals surface area (Å²) < 4.78 is 4.70. The Morgan fingerprint density at radius 1 is 1.47 bits per heavy atom. The Hall–Kier alpha value is -1.31. The number of esters is 1. The first-order chi connectivity index (χ1) is 7.10. The number of aryl methyl sites for hydroxylation is 1. The fourth-order valence-electron chi connectivity index (χ4n) is 1.57. The first-order valence-electron chi connectivity index (χ1n) is 5.29. The first kappa shape index (κ1) is 11.8. The summed E-state index contributed by atoms with van der Waals surface area (Å²) in [7, 11) is 1.41. The Morgan fingerprint density at radius 2 is 2.13 bits per heavy atom. The highest BCUT2D eigenvalue weighted by atomic mass is 16.5. The molecule has 1 rings (SSSR count). The van der Waals surface area contributed by atoms with E-state index in [0.717, 1.165) is 12.0 Å². The van der Waals surface area contributed by atoms with Gasteiger partial charge in [0.2, 0.25) is 0 Å². The van der Waals surface area contributed by atoms with Crippen LogP contribution in [0.3, 0.4) is 0 Å². The van der Waals surface area contributed by atoms with Crippen LogP contribution in [0, 0.1) is 6.92 Å². The molecule has 0 spiro atoms. The van der Waals surface area contributed by atoms with Crippen LogP contribution in [0.4, 0.5) is 0 Å². The topological polar surface area (TPSA) is 26.3 Å². The number of hydrogen-bond acceptors (Lipinski definition) is 2. The minimum absolute atomic E-state index is 0.261. The second kappa shape index (κ2) is 4.96. The lowest BCUT2D eigenvalue weighted by Crippen LogP contribution is -2.04. The minimum Gasteiger partial charge on any atom is -0.465 e. The molecule has 2 heteroatoms. The van der Waals surface area contributed by atoms with Crippen LogP contribution < -0.4 is 0 Å². The maximum atomic E-state index is 11.4. The molecule has 0 aliphatic heterocycles. The van der Waals surface area contributed by atoms with Gasteiger partial charge in [0.05, 0.1) is 12.7 Å². The summed E-state index contributed by atoms with van der Waals surface area (Å²) in [5.41, 5.74) is 2.92. The lowest BCUT2D eigenvalue weighted by Gasteiger charge is -2.11. The van der Waals surface area contributed by atoms with Crippen molar-refractivity contribution in [1.82, 2.24) is 0 Å². The van der Waals surface area contributed by atoms with Gasteiger partial charge in [0.1, 0.15) is 0 Å². The number of rotatable bonds is 3. The largest absolute Gasteiger partial charge is 0.465 e. The second-order valence-corrected chi connectivity index (χ2v) is 3.88. The van der Waals surface area contributed by atoms with Gasteiger partial charge in [-0.1, -0.05) is 26.0 Å². The molecule has 82 valence electrons. The van der Waals surface area contributed by atoms with E-state index < -0.39 is 0 Å². The second-order valence-electron chi connectivity index (χ2n) is 3.88. The summed E-state index contributed by atoms with van der Waals surface area (Å²) in [5, 5.41) is 0. The maximum Gasteiger partial charge on any atom is 0.338 e. The zero-order valence-electron chi connectivity index (χ0n) is 9.83. The van der Waals surface area contributed by atoms with Gasteiger partial charge in [-0.25, -0.2) is 4.79 Å². The van der Waals surface area contributed by atoms with Crippen LogP contribution in [0.15, 0.2) is 18.2 Å². The summed E-state index contributed by atoms with van der Waals surface area (Å²) in [6, 6.07) is 5.93. The molecule has 0 amide bonds. The predicted octanol–water partition coefficient (Wildman–Crippen LogP) is 3.30. The molecule has 0 fully saturated rings. The molecule has 0 bridgehead atoms. The number of benzene rings is 1. The van der Waals surface area contributed by atoms with Crippen molar-refractivity contribution in [1.29, 1.82) is 0 Å². The predicted molar refractivity (Wildman–Crippen MR) is 61.2 cm³/mol. The van der Waals surface area contributed by atoms with Gasteiger partial charge < -0.3 is 4.74 Å². The molecule has 0 saturated carbocycles. The zero-order valence-corrected chi connectivity index (χ0v) is 9.83. The lowest BCUT2D eigenvalue weighted by molar-refractivity contribution is 0.0600. The number of ether oxygens (including phenoxy) is 1. The van der Waals surface area contributed by atoms with Gasteiger partial charge in [-0.2, -0.15) is 0 Å². The molecule has 0 radical (unpaired) electrons. The molecule has 1 unspecified atom stereocenters. The summed E-state index contributed by atoms with van der Waals surface area (Å²) >= 11 is 0. The third-order valence-electron chi connectivity index (χ3n) is 2.84. The van der Waals surface area contributed by atoms with Gasteiger partial charge in [-0.3, -0.25) is 0 Å². The molecule has 0 saturated heterocycles. The molecule has 0 aliphatic carbocycles. The van der Waals surface area contributed by atoms with E-state index in [-0.39, 0.29) is 5.97 Å². The van der Waals surface area contributed by atoms with Crippen molar-refractivity contribution in [3.05, 3.63) is 34.9 Å². The van der Waals surface area contributed by atoms with Gasteiger partial charge >= 0.3 is 5.97 Å². The van der Waals surface area contributed by atoms with E-state index in [1.807, 2.05) is 19.1 Å². The van der Waals surface area contributed by atoms with Gasteiger partial charge in [0.25, 0.3) is 0 Å². The SMILES string of the molecule is CCC(C)c1ccc(C(=O)OC)c(C)c1. The van der Waals surface area contributed by atoms with Crippen LogP contribution in [-0.2, 0) is 4.74 Å². The van der Waals surface area contributed by atoms with Crippen molar-refractivity contribution in [2.75, 3.05) is 7.11 Å². The summed E-state index contributed by atoms with van der Waals surface area (Å²) in [4.78, 5) is 11.4. The Kier molecular flexibility index (Phi) is 3.89. The smallest absolute Gasteiger partial charge is 0.338 e. The number of hydrogen-bond donors (Lipinski definition) is 0. The van der Waals surface area contributed by atoms with Crippen LogP contribution in [0.2, 0.25) is 0 Å². The van der Waals surface area contributed by atoms with E-state index in [1.54, 1.807) is 0 Å². The summed E-state index contributed by atoms with van der Waals surface area (Å²) in [5.74, 6) is 0.276. The van der Waals surface area contributed by atoms with E-state index >= 15 is 0 Å². The van der Waals surface area contributed by atoms with Gasteiger partial charge in [0.15, 0.2) is 0 Å². The molecular formula is C13H18O2. The Morgan fingerprint density at radius 3 is 2.60 bits per heavy atom. The van der Waals surface area contributed by atoms with Crippen molar-refractivity contribution < 1.29 is 9.53 Å². The highest BCUT2D eigenvalue weighted by molar-refractivity contribution is 5.90. The molecule has 15 heavy (non-hydrogen) atoms. The van der Waals surface area contributed by atoms with Crippen molar-refractivity contribution in [3.63, 3.8) is 0 Å². The van der Waals surface area contributed by atoms with Gasteiger partial charge in [0, 0.05) is 0 Å². The third-order valence-corrected chi connectivity index (χ3v) is 2.84. The van der Waals surface area contributed by atoms with Crippen molar-refractivity contribution in [3.8, 4) is 0 Å². The van der Waals surface area contributed by atoms with E-state index in [4.69, 9.17) is 4.74 Å². The average Bonchev–Trinajstić information content (AvgIpc) is 2.26. The molecule has 0 aliphatic rings. The minimum atomic E-state index is -0.261. The zero-order chi connectivity index (χ0) is 11.4. The molecule has 0 N–H and O–H groups in total. The van der Waals surface area contributed by atoms with E-state index in [0.29, 0.717) is 11.5 Å². The lowest BCUT2D eigenvalue weighted by atomic mass is 9.95. The van der Waals surface area contributed by atoms with Crippen molar-refractivity contribution in [2.45, 2.75) is 33.1 Å². The van der Waals surface area contributed by atoms with Gasteiger partial charge in [-0.05, 0) is 36.5 Å². The standard InChI is InChI=1S/C13H18O2/c1-5-9(2)11-6-7-12(10(3)8-11)13(14)15-4/h6-9H,5H2,1-4H3. The van der Waals surface area contributed by atoms with Crippen molar-refractivity contribution in [2.24, 2.45) is 0 Å². The Labute approximate surface area is 91.3 Å². The van der Waals surface area contributed by atoms with Crippen molar-refractivity contribution >= 4 is 5.97 Å². The van der Waals surface area contributed by atoms with E-state index in [1.165, 1.54) is 12.7 Å². The molecule has 2 nitrogen and oxygen atoms in total. The summed E-state index contributed by atoms with van der Waals surface area (Å²) in [6.07, 6.45) is 1.11. The van der Waals surface area contributed by atoms with E-state index in [9.17, 15) is 4.79 Å². The highest BCUT2D eigenvalue weighted by Gasteiger charge is 2.10. The Bertz CT molecular complexity index is 356. The molecule has 1 atom stereocenters. The molecule has 0 aromatic heterocycles. The fraction of sp³-hybridized carbons (Fsp3) is 0.462. The molecule has 1 aromatic carbocycles. The maximum absolute atomic E-state index is 11.4. The first-order valence-corrected chi connectivity index (χ1v) is 5.29. The molecule has 1 aromatic rings.